The van der Waals surface area contributed by atoms with E-state index in [2.05, 4.69) is 17.9 Å². The Morgan fingerprint density at radius 1 is 0.833 bits per heavy atom. The number of ether oxygens (including phenoxy) is 5. The Morgan fingerprint density at radius 2 is 1.39 bits per heavy atom. The number of hydrogen-bond donors (Lipinski definition) is 0. The second kappa shape index (κ2) is 13.7. The first kappa shape index (κ1) is 16.6. The first-order valence-corrected chi connectivity index (χ1v) is 5.57. The normalized spacial score (nSPS) is 9.78. The minimum absolute atomic E-state index is 0.106. The van der Waals surface area contributed by atoms with Crippen molar-refractivity contribution >= 4 is 5.97 Å². The van der Waals surface area contributed by atoms with Gasteiger partial charge in [-0.25, -0.2) is 4.79 Å². The Bertz CT molecular complexity index is 229. The van der Waals surface area contributed by atoms with Gasteiger partial charge in [0.05, 0.1) is 45.6 Å². The van der Waals surface area contributed by atoms with Crippen LogP contribution >= 0.6 is 0 Å². The molecule has 0 atom stereocenters. The lowest BCUT2D eigenvalue weighted by Gasteiger charge is -2.06. The van der Waals surface area contributed by atoms with Gasteiger partial charge in [-0.3, -0.25) is 0 Å². The molecule has 0 aliphatic rings. The van der Waals surface area contributed by atoms with Gasteiger partial charge in [0.25, 0.3) is 0 Å². The fourth-order valence-electron chi connectivity index (χ4n) is 0.913. The molecule has 0 rings (SSSR count). The highest BCUT2D eigenvalue weighted by Gasteiger charge is 1.99. The SMILES string of the molecule is C=COCCOCCOCCOCC(=O)OC=C. The van der Waals surface area contributed by atoms with E-state index >= 15 is 0 Å². The predicted octanol–water partition coefficient (Wildman–Crippen LogP) is 0.883. The molecule has 0 N–H and O–H groups in total. The van der Waals surface area contributed by atoms with Crippen LogP contribution in [-0.2, 0) is 28.5 Å². The Kier molecular flexibility index (Phi) is 12.7. The summed E-state index contributed by atoms with van der Waals surface area (Å²) in [6.07, 6.45) is 2.43. The predicted molar refractivity (Wildman–Crippen MR) is 64.9 cm³/mol. The Hall–Kier alpha value is -1.37. The minimum Gasteiger partial charge on any atom is -0.499 e. The molecular weight excluding hydrogens is 240 g/mol. The molecule has 0 radical (unpaired) electrons. The maximum Gasteiger partial charge on any atom is 0.336 e. The van der Waals surface area contributed by atoms with Gasteiger partial charge in [0.15, 0.2) is 0 Å². The van der Waals surface area contributed by atoms with E-state index in [1.165, 1.54) is 6.26 Å². The van der Waals surface area contributed by atoms with E-state index in [-0.39, 0.29) is 6.61 Å². The van der Waals surface area contributed by atoms with Gasteiger partial charge in [0, 0.05) is 0 Å². The van der Waals surface area contributed by atoms with Crippen molar-refractivity contribution in [1.29, 1.82) is 0 Å². The van der Waals surface area contributed by atoms with E-state index in [9.17, 15) is 4.79 Å². The van der Waals surface area contributed by atoms with E-state index in [1.54, 1.807) is 0 Å². The van der Waals surface area contributed by atoms with Crippen LogP contribution in [-0.4, -0.2) is 52.2 Å². The number of hydrogen-bond acceptors (Lipinski definition) is 6. The van der Waals surface area contributed by atoms with Gasteiger partial charge in [0.2, 0.25) is 0 Å². The lowest BCUT2D eigenvalue weighted by molar-refractivity contribution is -0.143. The largest absolute Gasteiger partial charge is 0.499 e. The summed E-state index contributed by atoms with van der Waals surface area (Å²) < 4.78 is 24.7. The molecule has 0 aliphatic carbocycles. The number of carbonyl (C=O) groups is 1. The van der Waals surface area contributed by atoms with Crippen LogP contribution in [0.1, 0.15) is 0 Å². The highest BCUT2D eigenvalue weighted by atomic mass is 16.6. The average Bonchev–Trinajstić information content (AvgIpc) is 2.36. The number of esters is 1. The first-order chi connectivity index (χ1) is 8.81. The molecule has 0 saturated carbocycles. The molecule has 0 fully saturated rings. The molecule has 18 heavy (non-hydrogen) atoms. The van der Waals surface area contributed by atoms with Crippen LogP contribution in [0, 0.1) is 0 Å². The van der Waals surface area contributed by atoms with Crippen LogP contribution in [0.4, 0.5) is 0 Å². The maximum absolute atomic E-state index is 10.8. The van der Waals surface area contributed by atoms with Crippen LogP contribution in [0.5, 0.6) is 0 Å². The second-order valence-corrected chi connectivity index (χ2v) is 2.97. The summed E-state index contributed by atoms with van der Waals surface area (Å²) in [5, 5.41) is 0. The highest BCUT2D eigenvalue weighted by molar-refractivity contribution is 5.71. The van der Waals surface area contributed by atoms with Crippen molar-refractivity contribution in [2.24, 2.45) is 0 Å². The van der Waals surface area contributed by atoms with Crippen LogP contribution in [0.15, 0.2) is 25.7 Å². The highest BCUT2D eigenvalue weighted by Crippen LogP contribution is 1.84. The van der Waals surface area contributed by atoms with Crippen molar-refractivity contribution in [3.05, 3.63) is 25.7 Å². The summed E-state index contributed by atoms with van der Waals surface area (Å²) >= 11 is 0. The van der Waals surface area contributed by atoms with Gasteiger partial charge in [0.1, 0.15) is 13.2 Å². The van der Waals surface area contributed by atoms with Crippen molar-refractivity contribution in [3.8, 4) is 0 Å². The zero-order valence-corrected chi connectivity index (χ0v) is 10.5. The van der Waals surface area contributed by atoms with Gasteiger partial charge < -0.3 is 23.7 Å². The van der Waals surface area contributed by atoms with Crippen LogP contribution in [0.3, 0.4) is 0 Å². The Balaban J connectivity index is 3.05. The first-order valence-electron chi connectivity index (χ1n) is 5.57. The molecule has 0 saturated heterocycles. The Morgan fingerprint density at radius 3 is 1.94 bits per heavy atom. The van der Waals surface area contributed by atoms with Crippen molar-refractivity contribution in [2.45, 2.75) is 0 Å². The van der Waals surface area contributed by atoms with E-state index in [0.29, 0.717) is 39.6 Å². The van der Waals surface area contributed by atoms with Gasteiger partial charge in [-0.15, -0.1) is 0 Å². The van der Waals surface area contributed by atoms with Crippen molar-refractivity contribution in [1.82, 2.24) is 0 Å². The van der Waals surface area contributed by atoms with Gasteiger partial charge in [-0.1, -0.05) is 13.2 Å². The van der Waals surface area contributed by atoms with Crippen LogP contribution < -0.4 is 0 Å². The smallest absolute Gasteiger partial charge is 0.336 e. The summed E-state index contributed by atoms with van der Waals surface area (Å²) in [5.74, 6) is -0.476. The van der Waals surface area contributed by atoms with Gasteiger partial charge in [-0.2, -0.15) is 0 Å². The molecule has 0 unspecified atom stereocenters. The molecule has 0 spiro atoms. The Labute approximate surface area is 107 Å². The van der Waals surface area contributed by atoms with Crippen molar-refractivity contribution in [2.75, 3.05) is 46.2 Å². The lowest BCUT2D eigenvalue weighted by atomic mass is 10.7. The molecule has 0 bridgehead atoms. The summed E-state index contributed by atoms with van der Waals surface area (Å²) in [6, 6.07) is 0. The summed E-state index contributed by atoms with van der Waals surface area (Å²) in [4.78, 5) is 10.8. The van der Waals surface area contributed by atoms with E-state index in [4.69, 9.17) is 18.9 Å². The quantitative estimate of drug-likeness (QED) is 0.278. The third-order valence-corrected chi connectivity index (χ3v) is 1.64. The van der Waals surface area contributed by atoms with Crippen molar-refractivity contribution < 1.29 is 28.5 Å². The second-order valence-electron chi connectivity index (χ2n) is 2.97. The molecule has 6 nitrogen and oxygen atoms in total. The zero-order valence-electron chi connectivity index (χ0n) is 10.5. The van der Waals surface area contributed by atoms with Crippen molar-refractivity contribution in [3.63, 3.8) is 0 Å². The summed E-state index contributed by atoms with van der Waals surface area (Å²) in [5.41, 5.74) is 0. The molecule has 0 aromatic rings. The topological polar surface area (TPSA) is 63.2 Å². The monoisotopic (exact) mass is 260 g/mol. The van der Waals surface area contributed by atoms with E-state index in [0.717, 1.165) is 6.26 Å². The molecule has 104 valence electrons. The molecule has 0 heterocycles. The van der Waals surface area contributed by atoms with Gasteiger partial charge >= 0.3 is 5.97 Å². The van der Waals surface area contributed by atoms with E-state index in [1.807, 2.05) is 0 Å². The molecule has 6 heteroatoms. The standard InChI is InChI=1S/C12H20O6/c1-3-14-5-6-15-7-8-16-9-10-17-11-12(13)18-4-2/h3-4H,1-2,5-11H2. The van der Waals surface area contributed by atoms with Crippen LogP contribution in [0.25, 0.3) is 0 Å². The summed E-state index contributed by atoms with van der Waals surface area (Å²) in [6.45, 7) is 9.21. The number of rotatable bonds is 13. The molecular formula is C12H20O6. The molecule has 0 aliphatic heterocycles. The minimum atomic E-state index is -0.476. The van der Waals surface area contributed by atoms with E-state index < -0.39 is 5.97 Å². The molecule has 0 aromatic carbocycles. The fourth-order valence-corrected chi connectivity index (χ4v) is 0.913. The number of carbonyl (C=O) groups excluding carboxylic acids is 1. The molecule has 0 amide bonds. The van der Waals surface area contributed by atoms with Crippen LogP contribution in [0.2, 0.25) is 0 Å². The van der Waals surface area contributed by atoms with Gasteiger partial charge in [-0.05, 0) is 0 Å². The third kappa shape index (κ3) is 12.7. The average molecular weight is 260 g/mol. The summed E-state index contributed by atoms with van der Waals surface area (Å²) in [7, 11) is 0. The maximum atomic E-state index is 10.8. The molecule has 0 aromatic heterocycles. The third-order valence-electron chi connectivity index (χ3n) is 1.64. The lowest BCUT2D eigenvalue weighted by Crippen LogP contribution is -2.14. The fraction of sp³-hybridized carbons (Fsp3) is 0.583. The zero-order chi connectivity index (χ0) is 13.5.